The summed E-state index contributed by atoms with van der Waals surface area (Å²) in [5, 5.41) is 12.1. The number of nitrogens with one attached hydrogen (secondary N) is 1. The van der Waals surface area contributed by atoms with Crippen LogP contribution in [0.5, 0.6) is 0 Å². The van der Waals surface area contributed by atoms with Gasteiger partial charge >= 0.3 is 5.97 Å². The van der Waals surface area contributed by atoms with E-state index in [9.17, 15) is 14.7 Å². The number of rotatable bonds is 8. The molecular weight excluding hydrogens is 262 g/mol. The number of carbonyl (C=O) groups is 2. The SMILES string of the molecule is CCOCCOC(C)C(=O)NC1(C(=O)O)CCCCC1. The van der Waals surface area contributed by atoms with Crippen molar-refractivity contribution in [2.24, 2.45) is 0 Å². The summed E-state index contributed by atoms with van der Waals surface area (Å²) in [6.07, 6.45) is 2.97. The Labute approximate surface area is 119 Å². The van der Waals surface area contributed by atoms with Crippen LogP contribution in [0.4, 0.5) is 0 Å². The zero-order chi connectivity index (χ0) is 15.0. The Bertz CT molecular complexity index is 326. The summed E-state index contributed by atoms with van der Waals surface area (Å²) >= 11 is 0. The first-order valence-electron chi connectivity index (χ1n) is 7.26. The first kappa shape index (κ1) is 16.9. The number of hydrogen-bond donors (Lipinski definition) is 2. The van der Waals surface area contributed by atoms with E-state index in [0.717, 1.165) is 19.3 Å². The minimum atomic E-state index is -1.12. The monoisotopic (exact) mass is 287 g/mol. The van der Waals surface area contributed by atoms with Crippen molar-refractivity contribution in [1.29, 1.82) is 0 Å². The molecule has 0 saturated heterocycles. The lowest BCUT2D eigenvalue weighted by molar-refractivity contribution is -0.151. The van der Waals surface area contributed by atoms with E-state index in [0.29, 0.717) is 32.7 Å². The maximum Gasteiger partial charge on any atom is 0.329 e. The topological polar surface area (TPSA) is 84.9 Å². The van der Waals surface area contributed by atoms with Crippen LogP contribution in [0, 0.1) is 0 Å². The molecule has 6 heteroatoms. The summed E-state index contributed by atoms with van der Waals surface area (Å²) in [5.74, 6) is -1.32. The van der Waals surface area contributed by atoms with Crippen molar-refractivity contribution < 1.29 is 24.2 Å². The van der Waals surface area contributed by atoms with Crippen LogP contribution in [0.15, 0.2) is 0 Å². The van der Waals surface area contributed by atoms with Gasteiger partial charge in [0.2, 0.25) is 5.91 Å². The third-order valence-electron chi connectivity index (χ3n) is 3.65. The third-order valence-corrected chi connectivity index (χ3v) is 3.65. The Hall–Kier alpha value is -1.14. The van der Waals surface area contributed by atoms with E-state index in [2.05, 4.69) is 5.32 Å². The zero-order valence-electron chi connectivity index (χ0n) is 12.3. The Kier molecular flexibility index (Phi) is 6.95. The highest BCUT2D eigenvalue weighted by molar-refractivity contribution is 5.89. The number of carboxylic acid groups (broad SMARTS) is 1. The van der Waals surface area contributed by atoms with Gasteiger partial charge in [-0.3, -0.25) is 4.79 Å². The maximum atomic E-state index is 12.0. The Morgan fingerprint density at radius 3 is 2.45 bits per heavy atom. The Balaban J connectivity index is 2.47. The number of ether oxygens (including phenoxy) is 2. The van der Waals surface area contributed by atoms with Gasteiger partial charge in [-0.05, 0) is 26.7 Å². The molecule has 1 fully saturated rings. The standard InChI is InChI=1S/C14H25NO5/c1-3-19-9-10-20-11(2)12(16)15-14(13(17)18)7-5-4-6-8-14/h11H,3-10H2,1-2H3,(H,15,16)(H,17,18). The molecule has 116 valence electrons. The summed E-state index contributed by atoms with van der Waals surface area (Å²) in [5.41, 5.74) is -1.12. The van der Waals surface area contributed by atoms with Gasteiger partial charge in [-0.2, -0.15) is 0 Å². The molecule has 6 nitrogen and oxygen atoms in total. The average molecular weight is 287 g/mol. The average Bonchev–Trinajstić information content (AvgIpc) is 2.44. The van der Waals surface area contributed by atoms with Crippen LogP contribution >= 0.6 is 0 Å². The van der Waals surface area contributed by atoms with Crippen molar-refractivity contribution in [2.75, 3.05) is 19.8 Å². The van der Waals surface area contributed by atoms with Gasteiger partial charge < -0.3 is 19.9 Å². The molecule has 1 rings (SSSR count). The molecule has 1 aliphatic carbocycles. The van der Waals surface area contributed by atoms with E-state index >= 15 is 0 Å². The van der Waals surface area contributed by atoms with Gasteiger partial charge in [-0.25, -0.2) is 4.79 Å². The number of aliphatic carboxylic acids is 1. The summed E-state index contributed by atoms with van der Waals surface area (Å²) in [6.45, 7) is 4.86. The molecule has 20 heavy (non-hydrogen) atoms. The molecule has 1 amide bonds. The zero-order valence-corrected chi connectivity index (χ0v) is 12.3. The minimum Gasteiger partial charge on any atom is -0.480 e. The van der Waals surface area contributed by atoms with Crippen molar-refractivity contribution in [3.8, 4) is 0 Å². The number of carboxylic acids is 1. The highest BCUT2D eigenvalue weighted by atomic mass is 16.5. The fraction of sp³-hybridized carbons (Fsp3) is 0.857. The lowest BCUT2D eigenvalue weighted by Crippen LogP contribution is -2.57. The molecule has 1 saturated carbocycles. The van der Waals surface area contributed by atoms with Crippen molar-refractivity contribution >= 4 is 11.9 Å². The van der Waals surface area contributed by atoms with Crippen LogP contribution in [0.1, 0.15) is 46.0 Å². The lowest BCUT2D eigenvalue weighted by atomic mass is 9.81. The minimum absolute atomic E-state index is 0.322. The molecule has 0 spiro atoms. The van der Waals surface area contributed by atoms with Crippen molar-refractivity contribution in [1.82, 2.24) is 5.32 Å². The summed E-state index contributed by atoms with van der Waals surface area (Å²) < 4.78 is 10.5. The van der Waals surface area contributed by atoms with Gasteiger partial charge in [0.25, 0.3) is 0 Å². The molecule has 1 aliphatic rings. The van der Waals surface area contributed by atoms with E-state index in [4.69, 9.17) is 9.47 Å². The molecule has 1 atom stereocenters. The van der Waals surface area contributed by atoms with Crippen molar-refractivity contribution in [2.45, 2.75) is 57.6 Å². The number of carbonyl (C=O) groups excluding carboxylic acids is 1. The Morgan fingerprint density at radius 1 is 1.25 bits per heavy atom. The molecule has 0 radical (unpaired) electrons. The fourth-order valence-electron chi connectivity index (χ4n) is 2.39. The maximum absolute atomic E-state index is 12.0. The van der Waals surface area contributed by atoms with Crippen molar-refractivity contribution in [3.63, 3.8) is 0 Å². The molecule has 2 N–H and O–H groups in total. The normalized spacial score (nSPS) is 19.3. The van der Waals surface area contributed by atoms with E-state index in [1.807, 2.05) is 6.92 Å². The third kappa shape index (κ3) is 4.76. The summed E-state index contributed by atoms with van der Waals surface area (Å²) in [7, 11) is 0. The molecular formula is C14H25NO5. The van der Waals surface area contributed by atoms with Gasteiger partial charge in [0.1, 0.15) is 11.6 Å². The fourth-order valence-corrected chi connectivity index (χ4v) is 2.39. The van der Waals surface area contributed by atoms with Gasteiger partial charge in [-0.1, -0.05) is 19.3 Å². The molecule has 0 aliphatic heterocycles. The van der Waals surface area contributed by atoms with Gasteiger partial charge in [0.05, 0.1) is 13.2 Å². The molecule has 0 heterocycles. The molecule has 1 unspecified atom stereocenters. The van der Waals surface area contributed by atoms with Crippen LogP contribution in [0.25, 0.3) is 0 Å². The van der Waals surface area contributed by atoms with Crippen LogP contribution in [-0.4, -0.2) is 48.4 Å². The summed E-state index contributed by atoms with van der Waals surface area (Å²) in [6, 6.07) is 0. The first-order chi connectivity index (χ1) is 9.52. The van der Waals surface area contributed by atoms with E-state index in [1.54, 1.807) is 6.92 Å². The number of amides is 1. The smallest absolute Gasteiger partial charge is 0.329 e. The first-order valence-corrected chi connectivity index (χ1v) is 7.26. The van der Waals surface area contributed by atoms with Crippen molar-refractivity contribution in [3.05, 3.63) is 0 Å². The molecule has 0 aromatic rings. The van der Waals surface area contributed by atoms with Gasteiger partial charge in [0.15, 0.2) is 0 Å². The second-order valence-electron chi connectivity index (χ2n) is 5.15. The van der Waals surface area contributed by atoms with Crippen LogP contribution in [0.2, 0.25) is 0 Å². The highest BCUT2D eigenvalue weighted by Gasteiger charge is 2.41. The molecule has 0 aromatic heterocycles. The van der Waals surface area contributed by atoms with E-state index in [-0.39, 0.29) is 5.91 Å². The second kappa shape index (κ2) is 8.21. The van der Waals surface area contributed by atoms with E-state index in [1.165, 1.54) is 0 Å². The molecule has 0 aromatic carbocycles. The number of hydrogen-bond acceptors (Lipinski definition) is 4. The quantitative estimate of drug-likeness (QED) is 0.658. The van der Waals surface area contributed by atoms with Gasteiger partial charge in [0, 0.05) is 6.61 Å². The highest BCUT2D eigenvalue weighted by Crippen LogP contribution is 2.28. The van der Waals surface area contributed by atoms with Crippen LogP contribution in [-0.2, 0) is 19.1 Å². The predicted molar refractivity (Wildman–Crippen MR) is 73.5 cm³/mol. The van der Waals surface area contributed by atoms with Crippen LogP contribution in [0.3, 0.4) is 0 Å². The molecule has 0 bridgehead atoms. The Morgan fingerprint density at radius 2 is 1.90 bits per heavy atom. The van der Waals surface area contributed by atoms with E-state index < -0.39 is 17.6 Å². The lowest BCUT2D eigenvalue weighted by Gasteiger charge is -2.34. The predicted octanol–water partition coefficient (Wildman–Crippen LogP) is 1.33. The summed E-state index contributed by atoms with van der Waals surface area (Å²) in [4.78, 5) is 23.5. The van der Waals surface area contributed by atoms with Gasteiger partial charge in [-0.15, -0.1) is 0 Å². The second-order valence-corrected chi connectivity index (χ2v) is 5.15. The van der Waals surface area contributed by atoms with Crippen LogP contribution < -0.4 is 5.32 Å². The largest absolute Gasteiger partial charge is 0.480 e.